The van der Waals surface area contributed by atoms with E-state index in [1.54, 1.807) is 18.3 Å². The van der Waals surface area contributed by atoms with E-state index in [2.05, 4.69) is 18.8 Å². The highest BCUT2D eigenvalue weighted by Gasteiger charge is 1.98. The standard InChI is InChI=1S/C11H25N.C9H7NO.H2O4S/c1-3-4-5-6-7-8-9-11(2)10-12;11-8-5-1-3-7-4-2-6-10-9(7)8;1-5(2,3)4/h11H,3-10,12H2,1-2H3;1-6,11H;(H2,1,2,3,4). The minimum atomic E-state index is -4.67. The predicted octanol–water partition coefficient (Wildman–Crippen LogP) is 4.62. The maximum atomic E-state index is 9.31. The first-order chi connectivity index (χ1) is 13.2. The van der Waals surface area contributed by atoms with E-state index < -0.39 is 10.4 Å². The van der Waals surface area contributed by atoms with Gasteiger partial charge in [0, 0.05) is 11.6 Å². The molecule has 0 radical (unpaired) electrons. The van der Waals surface area contributed by atoms with Gasteiger partial charge in [0.05, 0.1) is 0 Å². The summed E-state index contributed by atoms with van der Waals surface area (Å²) >= 11 is 0. The molecular formula is C20H34N2O5S. The van der Waals surface area contributed by atoms with Crippen molar-refractivity contribution in [2.75, 3.05) is 6.54 Å². The first kappa shape index (κ1) is 26.3. The molecule has 28 heavy (non-hydrogen) atoms. The number of hydrogen-bond acceptors (Lipinski definition) is 5. The van der Waals surface area contributed by atoms with Crippen LogP contribution in [0.25, 0.3) is 10.9 Å². The molecular weight excluding hydrogens is 380 g/mol. The number of unbranched alkanes of at least 4 members (excludes halogenated alkanes) is 5. The van der Waals surface area contributed by atoms with Crippen LogP contribution in [0.4, 0.5) is 0 Å². The Kier molecular flexibility index (Phi) is 14.3. The SMILES string of the molecule is CCCCCCCCC(C)CN.O=S(=O)(O)O.Oc1cccc2cccnc12. The van der Waals surface area contributed by atoms with Gasteiger partial charge in [-0.25, -0.2) is 0 Å². The molecule has 7 nitrogen and oxygen atoms in total. The fraction of sp³-hybridized carbons (Fsp3) is 0.550. The van der Waals surface area contributed by atoms with Gasteiger partial charge in [0.15, 0.2) is 0 Å². The van der Waals surface area contributed by atoms with Crippen LogP contribution in [-0.4, -0.2) is 34.2 Å². The number of pyridine rings is 1. The van der Waals surface area contributed by atoms with Gasteiger partial charge < -0.3 is 10.8 Å². The van der Waals surface area contributed by atoms with Crippen LogP contribution in [0.1, 0.15) is 58.8 Å². The third kappa shape index (κ3) is 15.3. The van der Waals surface area contributed by atoms with E-state index in [0.717, 1.165) is 17.8 Å². The Hall–Kier alpha value is -1.74. The van der Waals surface area contributed by atoms with Crippen molar-refractivity contribution in [3.8, 4) is 5.75 Å². The van der Waals surface area contributed by atoms with Crippen LogP contribution in [0.3, 0.4) is 0 Å². The van der Waals surface area contributed by atoms with E-state index in [0.29, 0.717) is 5.52 Å². The van der Waals surface area contributed by atoms with Gasteiger partial charge in [-0.3, -0.25) is 14.1 Å². The Labute approximate surface area is 168 Å². The van der Waals surface area contributed by atoms with Crippen LogP contribution >= 0.6 is 0 Å². The summed E-state index contributed by atoms with van der Waals surface area (Å²) in [5.74, 6) is 0.972. The Bertz CT molecular complexity index is 740. The molecule has 8 heteroatoms. The average molecular weight is 415 g/mol. The number of benzene rings is 1. The molecule has 1 unspecified atom stereocenters. The first-order valence-corrected chi connectivity index (χ1v) is 11.0. The highest BCUT2D eigenvalue weighted by atomic mass is 32.3. The normalized spacial score (nSPS) is 11.8. The molecule has 1 atom stereocenters. The molecule has 2 rings (SSSR count). The Balaban J connectivity index is 0.000000423. The van der Waals surface area contributed by atoms with Crippen molar-refractivity contribution in [3.63, 3.8) is 0 Å². The summed E-state index contributed by atoms with van der Waals surface area (Å²) in [5.41, 5.74) is 6.20. The number of hydrogen-bond donors (Lipinski definition) is 4. The van der Waals surface area contributed by atoms with Crippen molar-refractivity contribution in [1.82, 2.24) is 4.98 Å². The molecule has 0 spiro atoms. The maximum absolute atomic E-state index is 9.31. The molecule has 0 aliphatic carbocycles. The van der Waals surface area contributed by atoms with E-state index in [4.69, 9.17) is 23.3 Å². The van der Waals surface area contributed by atoms with Crippen molar-refractivity contribution in [2.45, 2.75) is 58.8 Å². The Morgan fingerprint density at radius 1 is 1.04 bits per heavy atom. The molecule has 2 aromatic rings. The fourth-order valence-corrected chi connectivity index (χ4v) is 2.48. The number of phenolic OH excluding ortho intramolecular Hbond substituents is 1. The van der Waals surface area contributed by atoms with Crippen molar-refractivity contribution in [3.05, 3.63) is 36.5 Å². The van der Waals surface area contributed by atoms with Crippen LogP contribution in [0.2, 0.25) is 0 Å². The van der Waals surface area contributed by atoms with Gasteiger partial charge in [-0.2, -0.15) is 8.42 Å². The predicted molar refractivity (Wildman–Crippen MR) is 114 cm³/mol. The number of aromatic nitrogens is 1. The van der Waals surface area contributed by atoms with E-state index in [9.17, 15) is 5.11 Å². The van der Waals surface area contributed by atoms with Gasteiger partial charge in [-0.1, -0.05) is 70.6 Å². The second-order valence-corrected chi connectivity index (χ2v) is 7.59. The average Bonchev–Trinajstić information content (AvgIpc) is 2.64. The molecule has 0 saturated carbocycles. The molecule has 0 aliphatic heterocycles. The van der Waals surface area contributed by atoms with Gasteiger partial charge in [0.2, 0.25) is 0 Å². The summed E-state index contributed by atoms with van der Waals surface area (Å²) < 4.78 is 31.6. The van der Waals surface area contributed by atoms with Crippen molar-refractivity contribution in [1.29, 1.82) is 0 Å². The van der Waals surface area contributed by atoms with Gasteiger partial charge in [0.25, 0.3) is 0 Å². The number of phenols is 1. The number of rotatable bonds is 8. The molecule has 1 aromatic carbocycles. The second kappa shape index (κ2) is 15.2. The summed E-state index contributed by atoms with van der Waals surface area (Å²) in [4.78, 5) is 4.03. The quantitative estimate of drug-likeness (QED) is 0.366. The molecule has 0 bridgehead atoms. The van der Waals surface area contributed by atoms with Gasteiger partial charge in [-0.15, -0.1) is 0 Å². The summed E-state index contributed by atoms with van der Waals surface area (Å²) in [5, 5.41) is 10.3. The summed E-state index contributed by atoms with van der Waals surface area (Å²) in [6, 6.07) is 9.13. The van der Waals surface area contributed by atoms with Crippen LogP contribution in [0.15, 0.2) is 36.5 Å². The number of para-hydroxylation sites is 1. The second-order valence-electron chi connectivity index (χ2n) is 6.70. The van der Waals surface area contributed by atoms with Crippen LogP contribution in [0, 0.1) is 5.92 Å². The third-order valence-electron chi connectivity index (χ3n) is 4.06. The van der Waals surface area contributed by atoms with Crippen LogP contribution in [0.5, 0.6) is 5.75 Å². The van der Waals surface area contributed by atoms with Gasteiger partial charge >= 0.3 is 10.4 Å². The largest absolute Gasteiger partial charge is 0.506 e. The number of fused-ring (bicyclic) bond motifs is 1. The van der Waals surface area contributed by atoms with Crippen molar-refractivity contribution < 1.29 is 22.6 Å². The minimum absolute atomic E-state index is 0.239. The Morgan fingerprint density at radius 2 is 1.61 bits per heavy atom. The Morgan fingerprint density at radius 3 is 2.18 bits per heavy atom. The number of nitrogens with zero attached hydrogens (tertiary/aromatic N) is 1. The molecule has 0 fully saturated rings. The summed E-state index contributed by atoms with van der Waals surface area (Å²) in [7, 11) is -4.67. The van der Waals surface area contributed by atoms with Crippen LogP contribution in [-0.2, 0) is 10.4 Å². The third-order valence-corrected chi connectivity index (χ3v) is 4.06. The van der Waals surface area contributed by atoms with E-state index in [1.165, 1.54) is 44.9 Å². The lowest BCUT2D eigenvalue weighted by atomic mass is 10.0. The number of nitrogens with two attached hydrogens (primary N) is 1. The van der Waals surface area contributed by atoms with E-state index in [1.807, 2.05) is 18.2 Å². The maximum Gasteiger partial charge on any atom is 0.394 e. The number of aromatic hydroxyl groups is 1. The first-order valence-electron chi connectivity index (χ1n) is 9.61. The summed E-state index contributed by atoms with van der Waals surface area (Å²) in [6.45, 7) is 5.36. The molecule has 0 saturated heterocycles. The van der Waals surface area contributed by atoms with E-state index >= 15 is 0 Å². The van der Waals surface area contributed by atoms with Crippen molar-refractivity contribution >= 4 is 21.3 Å². The lowest BCUT2D eigenvalue weighted by Gasteiger charge is -2.06. The highest BCUT2D eigenvalue weighted by molar-refractivity contribution is 7.79. The molecule has 1 aromatic heterocycles. The topological polar surface area (TPSA) is 134 Å². The zero-order valence-electron chi connectivity index (χ0n) is 16.8. The van der Waals surface area contributed by atoms with Crippen LogP contribution < -0.4 is 5.73 Å². The molecule has 5 N–H and O–H groups in total. The van der Waals surface area contributed by atoms with Gasteiger partial charge in [-0.05, 0) is 31.0 Å². The lowest BCUT2D eigenvalue weighted by Crippen LogP contribution is -2.10. The van der Waals surface area contributed by atoms with Crippen molar-refractivity contribution in [2.24, 2.45) is 11.7 Å². The highest BCUT2D eigenvalue weighted by Crippen LogP contribution is 2.20. The zero-order chi connectivity index (χ0) is 21.4. The summed E-state index contributed by atoms with van der Waals surface area (Å²) in [6.07, 6.45) is 11.4. The van der Waals surface area contributed by atoms with Gasteiger partial charge in [0.1, 0.15) is 11.3 Å². The smallest absolute Gasteiger partial charge is 0.394 e. The minimum Gasteiger partial charge on any atom is -0.506 e. The monoisotopic (exact) mass is 414 g/mol. The molecule has 0 aliphatic rings. The molecule has 160 valence electrons. The zero-order valence-corrected chi connectivity index (χ0v) is 17.6. The fourth-order valence-electron chi connectivity index (χ4n) is 2.48. The van der Waals surface area contributed by atoms with E-state index in [-0.39, 0.29) is 5.75 Å². The lowest BCUT2D eigenvalue weighted by molar-refractivity contribution is 0.381. The molecule has 0 amide bonds. The molecule has 1 heterocycles.